The second kappa shape index (κ2) is 10.0. The average Bonchev–Trinajstić information content (AvgIpc) is 2.71. The van der Waals surface area contributed by atoms with E-state index in [2.05, 4.69) is 5.32 Å². The number of anilines is 2. The van der Waals surface area contributed by atoms with E-state index in [1.807, 2.05) is 0 Å². The van der Waals surface area contributed by atoms with E-state index in [-0.39, 0.29) is 20.6 Å². The molecule has 0 aliphatic carbocycles. The van der Waals surface area contributed by atoms with Crippen LogP contribution in [0.4, 0.5) is 24.5 Å². The first-order valence-corrected chi connectivity index (χ1v) is 12.1. The molecule has 3 rings (SSSR count). The van der Waals surface area contributed by atoms with Crippen LogP contribution in [0.15, 0.2) is 65.6 Å². The maximum Gasteiger partial charge on any atom is 0.417 e. The van der Waals surface area contributed by atoms with Crippen LogP contribution in [0, 0.1) is 6.92 Å². The lowest BCUT2D eigenvalue weighted by Crippen LogP contribution is -2.38. The van der Waals surface area contributed by atoms with Crippen LogP contribution < -0.4 is 9.62 Å². The van der Waals surface area contributed by atoms with Crippen molar-refractivity contribution < 1.29 is 26.4 Å². The van der Waals surface area contributed by atoms with Crippen LogP contribution in [-0.2, 0) is 21.0 Å². The van der Waals surface area contributed by atoms with Gasteiger partial charge in [-0.3, -0.25) is 9.10 Å². The summed E-state index contributed by atoms with van der Waals surface area (Å²) in [6.45, 7) is 0.909. The summed E-state index contributed by atoms with van der Waals surface area (Å²) in [5.74, 6) is -0.836. The number of benzene rings is 3. The summed E-state index contributed by atoms with van der Waals surface area (Å²) < 4.78 is 67.6. The number of amides is 1. The highest BCUT2D eigenvalue weighted by Crippen LogP contribution is 2.38. The van der Waals surface area contributed by atoms with Crippen molar-refractivity contribution in [3.8, 4) is 0 Å². The molecule has 0 saturated heterocycles. The number of hydrogen-bond donors (Lipinski definition) is 1. The topological polar surface area (TPSA) is 66.5 Å². The fourth-order valence-electron chi connectivity index (χ4n) is 3.00. The van der Waals surface area contributed by atoms with E-state index in [0.29, 0.717) is 10.4 Å². The van der Waals surface area contributed by atoms with E-state index in [1.54, 1.807) is 6.92 Å². The number of alkyl halides is 3. The van der Waals surface area contributed by atoms with Crippen LogP contribution in [0.25, 0.3) is 0 Å². The van der Waals surface area contributed by atoms with Gasteiger partial charge in [-0.05, 0) is 55.5 Å². The molecule has 0 spiro atoms. The van der Waals surface area contributed by atoms with Crippen molar-refractivity contribution in [3.63, 3.8) is 0 Å². The first-order valence-electron chi connectivity index (χ1n) is 9.49. The molecule has 0 aliphatic heterocycles. The van der Waals surface area contributed by atoms with Gasteiger partial charge in [0.25, 0.3) is 10.0 Å². The third-order valence-electron chi connectivity index (χ3n) is 4.59. The third-order valence-corrected chi connectivity index (χ3v) is 7.14. The molecule has 0 aliphatic rings. The summed E-state index contributed by atoms with van der Waals surface area (Å²) in [6.07, 6.45) is -4.84. The predicted molar refractivity (Wildman–Crippen MR) is 127 cm³/mol. The summed E-state index contributed by atoms with van der Waals surface area (Å²) in [4.78, 5) is 12.5. The lowest BCUT2D eigenvalue weighted by atomic mass is 10.2. The average molecular weight is 552 g/mol. The van der Waals surface area contributed by atoms with Crippen molar-refractivity contribution in [2.24, 2.45) is 0 Å². The highest BCUT2D eigenvalue weighted by Gasteiger charge is 2.35. The van der Waals surface area contributed by atoms with Gasteiger partial charge >= 0.3 is 6.18 Å². The number of halogens is 6. The van der Waals surface area contributed by atoms with Gasteiger partial charge in [-0.1, -0.05) is 52.5 Å². The molecular formula is C22H16Cl3F3N2O3S. The lowest BCUT2D eigenvalue weighted by molar-refractivity contribution is -0.137. The molecule has 1 amide bonds. The van der Waals surface area contributed by atoms with Crippen molar-refractivity contribution in [2.45, 2.75) is 18.0 Å². The van der Waals surface area contributed by atoms with E-state index in [1.165, 1.54) is 42.5 Å². The smallest absolute Gasteiger partial charge is 0.324 e. The lowest BCUT2D eigenvalue weighted by Gasteiger charge is -2.25. The Hall–Kier alpha value is -2.46. The predicted octanol–water partition coefficient (Wildman–Crippen LogP) is 6.81. The number of carbonyl (C=O) groups excluding carboxylic acids is 1. The SMILES string of the molecule is Cc1ccc(S(=O)(=O)N(CC(=O)Nc2cc(Cl)cc(Cl)c2)c2ccc(Cl)c(C(F)(F)F)c2)cc1. The van der Waals surface area contributed by atoms with E-state index >= 15 is 0 Å². The largest absolute Gasteiger partial charge is 0.417 e. The molecule has 0 heterocycles. The minimum Gasteiger partial charge on any atom is -0.324 e. The Morgan fingerprint density at radius 1 is 0.941 bits per heavy atom. The summed E-state index contributed by atoms with van der Waals surface area (Å²) in [5, 5.41) is 2.28. The van der Waals surface area contributed by atoms with Crippen LogP contribution in [-0.4, -0.2) is 20.9 Å². The van der Waals surface area contributed by atoms with E-state index in [9.17, 15) is 26.4 Å². The number of sulfonamides is 1. The number of rotatable bonds is 6. The third kappa shape index (κ3) is 6.15. The first-order chi connectivity index (χ1) is 15.8. The molecule has 0 fully saturated rings. The maximum atomic E-state index is 13.4. The van der Waals surface area contributed by atoms with Crippen molar-refractivity contribution in [1.82, 2.24) is 0 Å². The highest BCUT2D eigenvalue weighted by atomic mass is 35.5. The molecule has 180 valence electrons. The Labute approximate surface area is 209 Å². The Bertz CT molecular complexity index is 1310. The standard InChI is InChI=1S/C22H16Cl3F3N2O3S/c1-13-2-5-18(6-3-13)34(32,33)30(17-4-7-20(25)19(11-17)22(26,27)28)12-21(31)29-16-9-14(23)8-15(24)10-16/h2-11H,12H2,1H3,(H,29,31). The fourth-order valence-corrected chi connectivity index (χ4v) is 5.16. The number of aryl methyl sites for hydroxylation is 1. The highest BCUT2D eigenvalue weighted by molar-refractivity contribution is 7.92. The van der Waals surface area contributed by atoms with Crippen molar-refractivity contribution >= 4 is 62.1 Å². The monoisotopic (exact) mass is 550 g/mol. The number of carbonyl (C=O) groups is 1. The van der Waals surface area contributed by atoms with Crippen molar-refractivity contribution in [1.29, 1.82) is 0 Å². The molecule has 0 aromatic heterocycles. The Morgan fingerprint density at radius 2 is 1.53 bits per heavy atom. The van der Waals surface area contributed by atoms with Gasteiger partial charge in [0.05, 0.1) is 21.2 Å². The maximum absolute atomic E-state index is 13.4. The molecule has 3 aromatic rings. The van der Waals surface area contributed by atoms with E-state index in [0.717, 1.165) is 17.7 Å². The number of nitrogens with zero attached hydrogens (tertiary/aromatic N) is 1. The van der Waals surface area contributed by atoms with Gasteiger partial charge in [0.15, 0.2) is 0 Å². The molecule has 0 atom stereocenters. The molecule has 3 aromatic carbocycles. The zero-order valence-electron chi connectivity index (χ0n) is 17.3. The van der Waals surface area contributed by atoms with Gasteiger partial charge in [-0.15, -0.1) is 0 Å². The molecule has 34 heavy (non-hydrogen) atoms. The molecule has 0 unspecified atom stereocenters. The van der Waals surface area contributed by atoms with Gasteiger partial charge < -0.3 is 5.32 Å². The summed E-state index contributed by atoms with van der Waals surface area (Å²) in [6, 6.07) is 12.4. The van der Waals surface area contributed by atoms with Crippen LogP contribution >= 0.6 is 34.8 Å². The van der Waals surface area contributed by atoms with Gasteiger partial charge in [-0.25, -0.2) is 8.42 Å². The molecule has 0 saturated carbocycles. The van der Waals surface area contributed by atoms with Crippen molar-refractivity contribution in [3.05, 3.63) is 86.9 Å². The quantitative estimate of drug-likeness (QED) is 0.366. The van der Waals surface area contributed by atoms with Gasteiger partial charge in [0, 0.05) is 15.7 Å². The second-order valence-electron chi connectivity index (χ2n) is 7.19. The Balaban J connectivity index is 2.05. The summed E-state index contributed by atoms with van der Waals surface area (Å²) in [7, 11) is -4.44. The molecule has 1 N–H and O–H groups in total. The first kappa shape index (κ1) is 26.2. The van der Waals surface area contributed by atoms with Crippen LogP contribution in [0.1, 0.15) is 11.1 Å². The minimum atomic E-state index is -4.84. The van der Waals surface area contributed by atoms with Gasteiger partial charge in [0.2, 0.25) is 5.91 Å². The van der Waals surface area contributed by atoms with Gasteiger partial charge in [-0.2, -0.15) is 13.2 Å². The summed E-state index contributed by atoms with van der Waals surface area (Å²) in [5.41, 5.74) is -0.677. The van der Waals surface area contributed by atoms with Crippen LogP contribution in [0.3, 0.4) is 0 Å². The zero-order valence-corrected chi connectivity index (χ0v) is 20.4. The molecule has 0 bridgehead atoms. The molecule has 0 radical (unpaired) electrons. The van der Waals surface area contributed by atoms with Crippen LogP contribution in [0.5, 0.6) is 0 Å². The van der Waals surface area contributed by atoms with Gasteiger partial charge in [0.1, 0.15) is 6.54 Å². The second-order valence-corrected chi connectivity index (χ2v) is 10.3. The molecule has 12 heteroatoms. The molecular weight excluding hydrogens is 536 g/mol. The number of nitrogens with one attached hydrogen (secondary N) is 1. The minimum absolute atomic E-state index is 0.183. The van der Waals surface area contributed by atoms with Crippen LogP contribution in [0.2, 0.25) is 15.1 Å². The Kier molecular flexibility index (Phi) is 7.72. The molecule has 5 nitrogen and oxygen atoms in total. The normalized spacial score (nSPS) is 11.9. The van der Waals surface area contributed by atoms with Crippen molar-refractivity contribution in [2.75, 3.05) is 16.2 Å². The number of hydrogen-bond acceptors (Lipinski definition) is 3. The zero-order chi connectivity index (χ0) is 25.3. The Morgan fingerprint density at radius 3 is 2.09 bits per heavy atom. The fraction of sp³-hybridized carbons (Fsp3) is 0.136. The van der Waals surface area contributed by atoms with E-state index in [4.69, 9.17) is 34.8 Å². The van der Waals surface area contributed by atoms with E-state index < -0.39 is 44.9 Å². The summed E-state index contributed by atoms with van der Waals surface area (Å²) >= 11 is 17.5.